The molecule has 1 saturated heterocycles. The van der Waals surface area contributed by atoms with E-state index in [9.17, 15) is 0 Å². The molecule has 5 heteroatoms. The maximum Gasteiger partial charge on any atom is 0.0604 e. The predicted octanol–water partition coefficient (Wildman–Crippen LogP) is 3.91. The highest BCUT2D eigenvalue weighted by atomic mass is 28.4. The van der Waals surface area contributed by atoms with Gasteiger partial charge in [-0.05, 0) is 43.4 Å². The molecule has 2 rings (SSSR count). The SMILES string of the molecule is C[Si](C)(C)C[Si](C)(C)CN1CCCN(c2ccc(N)cc2)CC1. The minimum atomic E-state index is -1.10. The van der Waals surface area contributed by atoms with Gasteiger partial charge in [0.2, 0.25) is 0 Å². The van der Waals surface area contributed by atoms with Gasteiger partial charge < -0.3 is 15.5 Å². The lowest BCUT2D eigenvalue weighted by Crippen LogP contribution is -2.48. The summed E-state index contributed by atoms with van der Waals surface area (Å²) in [7, 11) is -2.05. The van der Waals surface area contributed by atoms with Crippen molar-refractivity contribution in [2.75, 3.05) is 43.0 Å². The fourth-order valence-corrected chi connectivity index (χ4v) is 17.6. The number of nitrogen functional groups attached to an aromatic ring is 1. The van der Waals surface area contributed by atoms with E-state index in [1.807, 2.05) is 12.1 Å². The molecule has 1 aliphatic rings. The Bertz CT molecular complexity index is 494. The van der Waals surface area contributed by atoms with E-state index in [0.29, 0.717) is 0 Å². The van der Waals surface area contributed by atoms with Gasteiger partial charge in [-0.25, -0.2) is 0 Å². The minimum Gasteiger partial charge on any atom is -0.399 e. The number of hydrogen-bond donors (Lipinski definition) is 1. The van der Waals surface area contributed by atoms with Crippen LogP contribution in [0.3, 0.4) is 0 Å². The van der Waals surface area contributed by atoms with Gasteiger partial charge >= 0.3 is 0 Å². The second-order valence-electron chi connectivity index (χ2n) is 9.11. The monoisotopic (exact) mass is 349 g/mol. The van der Waals surface area contributed by atoms with Gasteiger partial charge in [-0.15, -0.1) is 0 Å². The van der Waals surface area contributed by atoms with Crippen molar-refractivity contribution in [3.63, 3.8) is 0 Å². The largest absolute Gasteiger partial charge is 0.399 e. The van der Waals surface area contributed by atoms with E-state index in [-0.39, 0.29) is 0 Å². The summed E-state index contributed by atoms with van der Waals surface area (Å²) in [6, 6.07) is 8.35. The van der Waals surface area contributed by atoms with E-state index in [1.54, 1.807) is 0 Å². The third kappa shape index (κ3) is 6.32. The maximum atomic E-state index is 5.81. The van der Waals surface area contributed by atoms with Crippen LogP contribution in [0, 0.1) is 0 Å². The first-order valence-corrected chi connectivity index (χ1v) is 16.1. The normalized spacial score (nSPS) is 18.0. The second kappa shape index (κ2) is 7.40. The number of nitrogens with two attached hydrogens (primary N) is 1. The summed E-state index contributed by atoms with van der Waals surface area (Å²) in [5.74, 6) is 0. The molecule has 0 saturated carbocycles. The Morgan fingerprint density at radius 1 is 0.913 bits per heavy atom. The number of rotatable bonds is 5. The standard InChI is InChI=1S/C18H35N3Si2/c1-22(2,3)16-23(4,5)15-20-11-6-12-21(14-13-20)18-9-7-17(19)8-10-18/h7-10H,6,11-16,19H2,1-5H3. The smallest absolute Gasteiger partial charge is 0.0604 e. The lowest BCUT2D eigenvalue weighted by molar-refractivity contribution is 0.335. The van der Waals surface area contributed by atoms with Crippen LogP contribution >= 0.6 is 0 Å². The van der Waals surface area contributed by atoms with Crippen LogP contribution in [-0.2, 0) is 0 Å². The van der Waals surface area contributed by atoms with Gasteiger partial charge in [-0.3, -0.25) is 0 Å². The van der Waals surface area contributed by atoms with Gasteiger partial charge in [0, 0.05) is 39.1 Å². The molecule has 130 valence electrons. The van der Waals surface area contributed by atoms with E-state index in [0.717, 1.165) is 18.8 Å². The summed E-state index contributed by atoms with van der Waals surface area (Å²) in [6.45, 7) is 17.5. The van der Waals surface area contributed by atoms with Crippen LogP contribution < -0.4 is 10.6 Å². The Labute approximate surface area is 144 Å². The summed E-state index contributed by atoms with van der Waals surface area (Å²) in [5.41, 5.74) is 9.52. The first kappa shape index (κ1) is 18.6. The molecule has 0 atom stereocenters. The summed E-state index contributed by atoms with van der Waals surface area (Å²) < 4.78 is 0. The average Bonchev–Trinajstić information content (AvgIpc) is 2.62. The van der Waals surface area contributed by atoms with E-state index in [4.69, 9.17) is 5.73 Å². The molecule has 0 spiro atoms. The number of anilines is 2. The van der Waals surface area contributed by atoms with Crippen LogP contribution in [0.4, 0.5) is 11.4 Å². The van der Waals surface area contributed by atoms with Crippen LogP contribution in [0.2, 0.25) is 38.4 Å². The molecule has 0 aromatic heterocycles. The van der Waals surface area contributed by atoms with Crippen molar-refractivity contribution in [3.8, 4) is 0 Å². The van der Waals surface area contributed by atoms with Crippen LogP contribution in [0.1, 0.15) is 6.42 Å². The van der Waals surface area contributed by atoms with Crippen LogP contribution in [0.5, 0.6) is 0 Å². The first-order chi connectivity index (χ1) is 10.6. The fourth-order valence-electron chi connectivity index (χ4n) is 4.17. The number of benzene rings is 1. The zero-order valence-electron chi connectivity index (χ0n) is 15.7. The van der Waals surface area contributed by atoms with Gasteiger partial charge in [0.05, 0.1) is 8.07 Å². The van der Waals surface area contributed by atoms with Crippen molar-refractivity contribution < 1.29 is 0 Å². The van der Waals surface area contributed by atoms with Crippen molar-refractivity contribution in [2.24, 2.45) is 0 Å². The van der Waals surface area contributed by atoms with E-state index < -0.39 is 16.1 Å². The summed E-state index contributed by atoms with van der Waals surface area (Å²) in [4.78, 5) is 5.26. The Morgan fingerprint density at radius 2 is 1.57 bits per heavy atom. The van der Waals surface area contributed by atoms with Gasteiger partial charge in [0.1, 0.15) is 0 Å². The number of hydrogen-bond acceptors (Lipinski definition) is 3. The molecule has 1 fully saturated rings. The Balaban J connectivity index is 1.92. The molecular weight excluding hydrogens is 314 g/mol. The Kier molecular flexibility index (Phi) is 5.97. The van der Waals surface area contributed by atoms with Crippen molar-refractivity contribution in [1.82, 2.24) is 4.90 Å². The highest BCUT2D eigenvalue weighted by molar-refractivity contribution is 6.94. The summed E-state index contributed by atoms with van der Waals surface area (Å²) in [6.07, 6.45) is 2.63. The minimum absolute atomic E-state index is 0.851. The van der Waals surface area contributed by atoms with Gasteiger partial charge in [-0.1, -0.05) is 38.4 Å². The van der Waals surface area contributed by atoms with E-state index in [1.165, 1.54) is 37.0 Å². The molecule has 2 N–H and O–H groups in total. The van der Waals surface area contributed by atoms with Gasteiger partial charge in [0.15, 0.2) is 0 Å². The lowest BCUT2D eigenvalue weighted by Gasteiger charge is -2.34. The van der Waals surface area contributed by atoms with E-state index >= 15 is 0 Å². The second-order valence-corrected chi connectivity index (χ2v) is 20.3. The molecule has 0 bridgehead atoms. The molecule has 0 radical (unpaired) electrons. The molecule has 3 nitrogen and oxygen atoms in total. The zero-order valence-corrected chi connectivity index (χ0v) is 17.7. The Hall–Kier alpha value is -0.786. The van der Waals surface area contributed by atoms with Crippen molar-refractivity contribution in [3.05, 3.63) is 24.3 Å². The molecule has 1 aromatic rings. The topological polar surface area (TPSA) is 32.5 Å². The molecule has 1 heterocycles. The van der Waals surface area contributed by atoms with Crippen molar-refractivity contribution in [2.45, 2.75) is 44.8 Å². The van der Waals surface area contributed by atoms with Gasteiger partial charge in [0.25, 0.3) is 0 Å². The maximum absolute atomic E-state index is 5.81. The van der Waals surface area contributed by atoms with E-state index in [2.05, 4.69) is 54.7 Å². The van der Waals surface area contributed by atoms with Crippen LogP contribution in [-0.4, -0.2) is 53.4 Å². The summed E-state index contributed by atoms with van der Waals surface area (Å²) in [5, 5.41) is 0. The zero-order chi connectivity index (χ0) is 17.1. The average molecular weight is 350 g/mol. The highest BCUT2D eigenvalue weighted by Crippen LogP contribution is 2.22. The van der Waals surface area contributed by atoms with Crippen molar-refractivity contribution in [1.29, 1.82) is 0 Å². The molecule has 1 aliphatic heterocycles. The quantitative estimate of drug-likeness (QED) is 0.646. The van der Waals surface area contributed by atoms with Gasteiger partial charge in [-0.2, -0.15) is 0 Å². The Morgan fingerprint density at radius 3 is 2.17 bits per heavy atom. The molecule has 0 unspecified atom stereocenters. The fraction of sp³-hybridized carbons (Fsp3) is 0.667. The van der Waals surface area contributed by atoms with Crippen molar-refractivity contribution >= 4 is 27.5 Å². The molecular formula is C18H35N3Si2. The number of nitrogens with zero attached hydrogens (tertiary/aromatic N) is 2. The molecule has 0 aliphatic carbocycles. The van der Waals surface area contributed by atoms with Crippen LogP contribution in [0.25, 0.3) is 0 Å². The molecule has 1 aromatic carbocycles. The third-order valence-corrected chi connectivity index (χ3v) is 13.9. The predicted molar refractivity (Wildman–Crippen MR) is 110 cm³/mol. The third-order valence-electron chi connectivity index (χ3n) is 4.51. The molecule has 23 heavy (non-hydrogen) atoms. The summed E-state index contributed by atoms with van der Waals surface area (Å²) >= 11 is 0. The lowest BCUT2D eigenvalue weighted by atomic mass is 10.2. The first-order valence-electron chi connectivity index (χ1n) is 8.98. The highest BCUT2D eigenvalue weighted by Gasteiger charge is 2.31. The van der Waals surface area contributed by atoms with Crippen LogP contribution in [0.15, 0.2) is 24.3 Å². The molecule has 0 amide bonds.